The van der Waals surface area contributed by atoms with Gasteiger partial charge >= 0.3 is 0 Å². The second kappa shape index (κ2) is 4.59. The minimum Gasteiger partial charge on any atom is -0.347 e. The second-order valence-corrected chi connectivity index (χ2v) is 4.18. The van der Waals surface area contributed by atoms with Crippen LogP contribution in [-0.2, 0) is 6.54 Å². The van der Waals surface area contributed by atoms with Crippen LogP contribution in [0.15, 0.2) is 35.1 Å². The highest BCUT2D eigenvalue weighted by Gasteiger charge is 2.06. The van der Waals surface area contributed by atoms with E-state index in [1.165, 1.54) is 0 Å². The van der Waals surface area contributed by atoms with Crippen LogP contribution in [0.3, 0.4) is 0 Å². The molecule has 0 aliphatic heterocycles. The lowest BCUT2D eigenvalue weighted by atomic mass is 10.1. The van der Waals surface area contributed by atoms with E-state index in [-0.39, 0.29) is 0 Å². The predicted molar refractivity (Wildman–Crippen MR) is 64.5 cm³/mol. The van der Waals surface area contributed by atoms with E-state index in [1.807, 2.05) is 19.2 Å². The van der Waals surface area contributed by atoms with Gasteiger partial charge in [-0.25, -0.2) is 4.98 Å². The number of nitrogens with zero attached hydrogens (tertiary/aromatic N) is 1. The Morgan fingerprint density at radius 2 is 2.07 bits per heavy atom. The molecule has 2 N–H and O–H groups in total. The van der Waals surface area contributed by atoms with Crippen LogP contribution in [0.1, 0.15) is 5.69 Å². The van der Waals surface area contributed by atoms with Gasteiger partial charge in [0.05, 0.1) is 17.7 Å². The van der Waals surface area contributed by atoms with Crippen molar-refractivity contribution in [2.45, 2.75) is 6.54 Å². The number of aromatic amines is 1. The Kier molecular flexibility index (Phi) is 3.18. The zero-order chi connectivity index (χ0) is 10.7. The molecule has 0 fully saturated rings. The van der Waals surface area contributed by atoms with Crippen LogP contribution < -0.4 is 5.32 Å². The van der Waals surface area contributed by atoms with Gasteiger partial charge in [0.1, 0.15) is 0 Å². The molecule has 0 atom stereocenters. The van der Waals surface area contributed by atoms with E-state index < -0.39 is 0 Å². The molecule has 0 spiro atoms. The van der Waals surface area contributed by atoms with E-state index in [0.717, 1.165) is 28.0 Å². The molecule has 1 heterocycles. The van der Waals surface area contributed by atoms with Gasteiger partial charge in [-0.15, -0.1) is 0 Å². The zero-order valence-electron chi connectivity index (χ0n) is 8.42. The number of H-pyrrole nitrogens is 1. The molecule has 0 aliphatic carbocycles. The number of hydrogen-bond donors (Lipinski definition) is 2. The van der Waals surface area contributed by atoms with Crippen LogP contribution >= 0.6 is 15.9 Å². The molecular formula is C11H12BrN3. The molecule has 4 heteroatoms. The number of hydrogen-bond acceptors (Lipinski definition) is 2. The molecule has 1 aromatic heterocycles. The Bertz CT molecular complexity index is 433. The molecular weight excluding hydrogens is 254 g/mol. The van der Waals surface area contributed by atoms with Crippen molar-refractivity contribution >= 4 is 15.9 Å². The normalized spacial score (nSPS) is 10.5. The van der Waals surface area contributed by atoms with Crippen LogP contribution in [0.25, 0.3) is 11.3 Å². The van der Waals surface area contributed by atoms with Crippen molar-refractivity contribution in [3.63, 3.8) is 0 Å². The van der Waals surface area contributed by atoms with Crippen molar-refractivity contribution in [2.75, 3.05) is 7.05 Å². The summed E-state index contributed by atoms with van der Waals surface area (Å²) < 4.78 is 1.08. The van der Waals surface area contributed by atoms with Gasteiger partial charge in [-0.2, -0.15) is 0 Å². The largest absolute Gasteiger partial charge is 0.347 e. The fourth-order valence-electron chi connectivity index (χ4n) is 1.49. The van der Waals surface area contributed by atoms with Gasteiger partial charge < -0.3 is 10.3 Å². The van der Waals surface area contributed by atoms with Gasteiger partial charge in [-0.3, -0.25) is 0 Å². The first-order valence-electron chi connectivity index (χ1n) is 4.74. The van der Waals surface area contributed by atoms with Crippen molar-refractivity contribution in [3.05, 3.63) is 40.8 Å². The van der Waals surface area contributed by atoms with Gasteiger partial charge in [0.15, 0.2) is 0 Å². The molecule has 0 saturated carbocycles. The number of nitrogens with one attached hydrogen (secondary N) is 2. The van der Waals surface area contributed by atoms with Crippen LogP contribution in [-0.4, -0.2) is 17.0 Å². The smallest absolute Gasteiger partial charge is 0.0929 e. The standard InChI is InChI=1S/C11H12BrN3/c1-13-6-10-11(15-7-14-10)8-2-4-9(12)5-3-8/h2-5,7,13H,6H2,1H3,(H,14,15). The van der Waals surface area contributed by atoms with Gasteiger partial charge in [0, 0.05) is 16.6 Å². The highest BCUT2D eigenvalue weighted by atomic mass is 79.9. The van der Waals surface area contributed by atoms with Gasteiger partial charge in [-0.1, -0.05) is 28.1 Å². The zero-order valence-corrected chi connectivity index (χ0v) is 10.0. The Balaban J connectivity index is 2.36. The molecule has 2 rings (SSSR count). The van der Waals surface area contributed by atoms with E-state index in [9.17, 15) is 0 Å². The van der Waals surface area contributed by atoms with Crippen molar-refractivity contribution in [1.29, 1.82) is 0 Å². The first-order valence-corrected chi connectivity index (χ1v) is 5.53. The molecule has 0 radical (unpaired) electrons. The second-order valence-electron chi connectivity index (χ2n) is 3.27. The van der Waals surface area contributed by atoms with E-state index >= 15 is 0 Å². The summed E-state index contributed by atoms with van der Waals surface area (Å²) in [6, 6.07) is 8.15. The Hall–Kier alpha value is -1.13. The molecule has 15 heavy (non-hydrogen) atoms. The average molecular weight is 266 g/mol. The summed E-state index contributed by atoms with van der Waals surface area (Å²) in [5.41, 5.74) is 3.25. The number of benzene rings is 1. The van der Waals surface area contributed by atoms with Crippen LogP contribution in [0.5, 0.6) is 0 Å². The molecule has 0 unspecified atom stereocenters. The fraction of sp³-hybridized carbons (Fsp3) is 0.182. The van der Waals surface area contributed by atoms with E-state index in [1.54, 1.807) is 6.33 Å². The Morgan fingerprint density at radius 1 is 1.33 bits per heavy atom. The average Bonchev–Trinajstić information content (AvgIpc) is 2.68. The van der Waals surface area contributed by atoms with Crippen molar-refractivity contribution < 1.29 is 0 Å². The summed E-state index contributed by atoms with van der Waals surface area (Å²) in [6.07, 6.45) is 1.73. The van der Waals surface area contributed by atoms with Gasteiger partial charge in [0.25, 0.3) is 0 Å². The highest BCUT2D eigenvalue weighted by Crippen LogP contribution is 2.22. The maximum absolute atomic E-state index is 4.32. The third-order valence-electron chi connectivity index (χ3n) is 2.19. The third kappa shape index (κ3) is 2.27. The maximum Gasteiger partial charge on any atom is 0.0929 e. The predicted octanol–water partition coefficient (Wildman–Crippen LogP) is 2.56. The summed E-state index contributed by atoms with van der Waals surface area (Å²) in [6.45, 7) is 0.797. The number of imidazole rings is 1. The van der Waals surface area contributed by atoms with Crippen molar-refractivity contribution in [3.8, 4) is 11.3 Å². The Morgan fingerprint density at radius 3 is 2.73 bits per heavy atom. The SMILES string of the molecule is CNCc1[nH]cnc1-c1ccc(Br)cc1. The minimum absolute atomic E-state index is 0.797. The number of halogens is 1. The maximum atomic E-state index is 4.32. The molecule has 0 bridgehead atoms. The Labute approximate surface area is 97.1 Å². The molecule has 2 aromatic rings. The summed E-state index contributed by atoms with van der Waals surface area (Å²) in [7, 11) is 1.92. The molecule has 78 valence electrons. The van der Waals surface area contributed by atoms with Crippen molar-refractivity contribution in [1.82, 2.24) is 15.3 Å². The monoisotopic (exact) mass is 265 g/mol. The topological polar surface area (TPSA) is 40.7 Å². The van der Waals surface area contributed by atoms with E-state index in [0.29, 0.717) is 0 Å². The molecule has 0 aliphatic rings. The lowest BCUT2D eigenvalue weighted by Gasteiger charge is -2.02. The first kappa shape index (κ1) is 10.4. The number of rotatable bonds is 3. The quantitative estimate of drug-likeness (QED) is 0.896. The third-order valence-corrected chi connectivity index (χ3v) is 2.72. The molecule has 3 nitrogen and oxygen atoms in total. The number of aromatic nitrogens is 2. The van der Waals surface area contributed by atoms with Crippen LogP contribution in [0, 0.1) is 0 Å². The molecule has 0 amide bonds. The van der Waals surface area contributed by atoms with Crippen molar-refractivity contribution in [2.24, 2.45) is 0 Å². The van der Waals surface area contributed by atoms with Crippen LogP contribution in [0.2, 0.25) is 0 Å². The fourth-order valence-corrected chi connectivity index (χ4v) is 1.75. The lowest BCUT2D eigenvalue weighted by molar-refractivity contribution is 0.798. The summed E-state index contributed by atoms with van der Waals surface area (Å²) in [5.74, 6) is 0. The van der Waals surface area contributed by atoms with Gasteiger partial charge in [-0.05, 0) is 19.2 Å². The molecule has 1 aromatic carbocycles. The summed E-state index contributed by atoms with van der Waals surface area (Å²) in [4.78, 5) is 7.46. The summed E-state index contributed by atoms with van der Waals surface area (Å²) in [5, 5.41) is 3.11. The summed E-state index contributed by atoms with van der Waals surface area (Å²) >= 11 is 3.42. The lowest BCUT2D eigenvalue weighted by Crippen LogP contribution is -2.06. The minimum atomic E-state index is 0.797. The highest BCUT2D eigenvalue weighted by molar-refractivity contribution is 9.10. The van der Waals surface area contributed by atoms with E-state index in [2.05, 4.69) is 43.3 Å². The van der Waals surface area contributed by atoms with E-state index in [4.69, 9.17) is 0 Å². The molecule has 0 saturated heterocycles. The van der Waals surface area contributed by atoms with Gasteiger partial charge in [0.2, 0.25) is 0 Å². The first-order chi connectivity index (χ1) is 7.31. The van der Waals surface area contributed by atoms with Crippen LogP contribution in [0.4, 0.5) is 0 Å².